The quantitative estimate of drug-likeness (QED) is 0.578. The summed E-state index contributed by atoms with van der Waals surface area (Å²) in [6.45, 7) is 4.31. The molecule has 0 aliphatic rings. The van der Waals surface area contributed by atoms with Gasteiger partial charge >= 0.3 is 0 Å². The molecule has 0 aliphatic carbocycles. The predicted molar refractivity (Wildman–Crippen MR) is 75.2 cm³/mol. The highest BCUT2D eigenvalue weighted by molar-refractivity contribution is 7.89. The Labute approximate surface area is 114 Å². The summed E-state index contributed by atoms with van der Waals surface area (Å²) in [6, 6.07) is 6.31. The van der Waals surface area contributed by atoms with Crippen molar-refractivity contribution in [2.45, 2.75) is 24.8 Å². The molecule has 1 atom stereocenters. The maximum absolute atomic E-state index is 12.6. The Morgan fingerprint density at radius 2 is 2.05 bits per heavy atom. The van der Waals surface area contributed by atoms with Crippen LogP contribution in [0.5, 0.6) is 0 Å². The van der Waals surface area contributed by atoms with Gasteiger partial charge in [0.1, 0.15) is 4.90 Å². The molecule has 1 aromatic rings. The molecule has 0 fully saturated rings. The number of likely N-dealkylation sites (N-methyl/N-ethyl adjacent to an activating group) is 1. The standard InChI is InChI=1S/C12H21N3O3S/c1-4-15(10(2)9-18-3)19(16,17)12-8-6-5-7-11(12)14-13/h5-8,10,14H,4,9,13H2,1-3H3. The summed E-state index contributed by atoms with van der Waals surface area (Å²) in [4.78, 5) is 0.169. The highest BCUT2D eigenvalue weighted by Crippen LogP contribution is 2.25. The molecule has 6 nitrogen and oxygen atoms in total. The maximum atomic E-state index is 12.6. The van der Waals surface area contributed by atoms with Crippen molar-refractivity contribution in [3.05, 3.63) is 24.3 Å². The van der Waals surface area contributed by atoms with E-state index in [1.54, 1.807) is 32.2 Å². The van der Waals surface area contributed by atoms with Gasteiger partial charge in [-0.3, -0.25) is 5.84 Å². The summed E-state index contributed by atoms with van der Waals surface area (Å²) in [6.07, 6.45) is 0. The SMILES string of the molecule is CCN(C(C)COC)S(=O)(=O)c1ccccc1NN. The Bertz CT molecular complexity index is 505. The Hall–Kier alpha value is -1.15. The zero-order chi connectivity index (χ0) is 14.5. The smallest absolute Gasteiger partial charge is 0.245 e. The van der Waals surface area contributed by atoms with Gasteiger partial charge < -0.3 is 10.2 Å². The molecule has 108 valence electrons. The van der Waals surface area contributed by atoms with Crippen LogP contribution < -0.4 is 11.3 Å². The van der Waals surface area contributed by atoms with Gasteiger partial charge in [-0.1, -0.05) is 19.1 Å². The summed E-state index contributed by atoms with van der Waals surface area (Å²) in [5, 5.41) is 0. The number of nitrogens with zero attached hydrogens (tertiary/aromatic N) is 1. The van der Waals surface area contributed by atoms with Gasteiger partial charge in [-0.15, -0.1) is 0 Å². The Morgan fingerprint density at radius 3 is 2.58 bits per heavy atom. The third-order valence-corrected chi connectivity index (χ3v) is 4.99. The molecule has 0 aromatic heterocycles. The lowest BCUT2D eigenvalue weighted by Crippen LogP contribution is -2.41. The molecule has 1 rings (SSSR count). The third kappa shape index (κ3) is 3.44. The van der Waals surface area contributed by atoms with Crippen molar-refractivity contribution in [3.63, 3.8) is 0 Å². The Kier molecular flexibility index (Phi) is 5.74. The fraction of sp³-hybridized carbons (Fsp3) is 0.500. The van der Waals surface area contributed by atoms with Crippen molar-refractivity contribution < 1.29 is 13.2 Å². The average molecular weight is 287 g/mol. The van der Waals surface area contributed by atoms with Crippen molar-refractivity contribution in [1.29, 1.82) is 0 Å². The van der Waals surface area contributed by atoms with Crippen LogP contribution in [-0.4, -0.2) is 39.0 Å². The van der Waals surface area contributed by atoms with Crippen molar-refractivity contribution in [3.8, 4) is 0 Å². The summed E-state index contributed by atoms with van der Waals surface area (Å²) in [5.74, 6) is 5.37. The molecule has 0 bridgehead atoms. The zero-order valence-electron chi connectivity index (χ0n) is 11.5. The molecule has 19 heavy (non-hydrogen) atoms. The first kappa shape index (κ1) is 15.9. The van der Waals surface area contributed by atoms with E-state index in [2.05, 4.69) is 5.43 Å². The molecule has 3 N–H and O–H groups in total. The molecule has 0 spiro atoms. The number of para-hydroxylation sites is 1. The number of ether oxygens (including phenoxy) is 1. The molecule has 1 unspecified atom stereocenters. The monoisotopic (exact) mass is 287 g/mol. The molecule has 0 radical (unpaired) electrons. The van der Waals surface area contributed by atoms with Crippen molar-refractivity contribution in [2.75, 3.05) is 25.7 Å². The molecule has 0 heterocycles. The number of hydrogen-bond acceptors (Lipinski definition) is 5. The van der Waals surface area contributed by atoms with Gasteiger partial charge in [0.05, 0.1) is 12.3 Å². The lowest BCUT2D eigenvalue weighted by molar-refractivity contribution is 0.142. The van der Waals surface area contributed by atoms with E-state index in [0.717, 1.165) is 0 Å². The number of hydrogen-bond donors (Lipinski definition) is 2. The number of methoxy groups -OCH3 is 1. The number of rotatable bonds is 7. The van der Waals surface area contributed by atoms with Crippen LogP contribution in [-0.2, 0) is 14.8 Å². The Morgan fingerprint density at radius 1 is 1.42 bits per heavy atom. The first-order valence-electron chi connectivity index (χ1n) is 6.05. The van der Waals surface area contributed by atoms with E-state index in [-0.39, 0.29) is 10.9 Å². The van der Waals surface area contributed by atoms with Crippen LogP contribution in [0.15, 0.2) is 29.2 Å². The van der Waals surface area contributed by atoms with E-state index in [0.29, 0.717) is 18.8 Å². The van der Waals surface area contributed by atoms with Gasteiger partial charge in [-0.2, -0.15) is 4.31 Å². The van der Waals surface area contributed by atoms with E-state index in [1.165, 1.54) is 10.4 Å². The molecular weight excluding hydrogens is 266 g/mol. The lowest BCUT2D eigenvalue weighted by atomic mass is 10.3. The van der Waals surface area contributed by atoms with E-state index in [4.69, 9.17) is 10.6 Å². The van der Waals surface area contributed by atoms with Crippen LogP contribution in [0.1, 0.15) is 13.8 Å². The number of nitrogen functional groups attached to an aromatic ring is 1. The minimum atomic E-state index is -3.60. The van der Waals surface area contributed by atoms with Gasteiger partial charge in [0.25, 0.3) is 0 Å². The normalized spacial score (nSPS) is 13.5. The van der Waals surface area contributed by atoms with Crippen molar-refractivity contribution >= 4 is 15.7 Å². The van der Waals surface area contributed by atoms with Crippen LogP contribution in [0.4, 0.5) is 5.69 Å². The molecule has 1 aromatic carbocycles. The summed E-state index contributed by atoms with van der Waals surface area (Å²) < 4.78 is 31.7. The van der Waals surface area contributed by atoms with Gasteiger partial charge in [0.15, 0.2) is 0 Å². The van der Waals surface area contributed by atoms with Crippen LogP contribution >= 0.6 is 0 Å². The summed E-state index contributed by atoms with van der Waals surface area (Å²) in [5.41, 5.74) is 2.79. The molecular formula is C12H21N3O3S. The van der Waals surface area contributed by atoms with Crippen LogP contribution in [0, 0.1) is 0 Å². The second-order valence-electron chi connectivity index (χ2n) is 4.15. The summed E-state index contributed by atoms with van der Waals surface area (Å²) in [7, 11) is -2.06. The molecule has 0 saturated carbocycles. The molecule has 0 aliphatic heterocycles. The van der Waals surface area contributed by atoms with Crippen LogP contribution in [0.3, 0.4) is 0 Å². The molecule has 7 heteroatoms. The van der Waals surface area contributed by atoms with E-state index in [9.17, 15) is 8.42 Å². The minimum absolute atomic E-state index is 0.169. The molecule has 0 saturated heterocycles. The van der Waals surface area contributed by atoms with E-state index >= 15 is 0 Å². The van der Waals surface area contributed by atoms with Gasteiger partial charge in [-0.05, 0) is 19.1 Å². The topological polar surface area (TPSA) is 84.7 Å². The number of anilines is 1. The third-order valence-electron chi connectivity index (χ3n) is 2.84. The van der Waals surface area contributed by atoms with Crippen molar-refractivity contribution in [1.82, 2.24) is 4.31 Å². The second-order valence-corrected chi connectivity index (χ2v) is 6.01. The van der Waals surface area contributed by atoms with Gasteiger partial charge in [0.2, 0.25) is 10.0 Å². The summed E-state index contributed by atoms with van der Waals surface area (Å²) >= 11 is 0. The van der Waals surface area contributed by atoms with Crippen LogP contribution in [0.25, 0.3) is 0 Å². The highest BCUT2D eigenvalue weighted by Gasteiger charge is 2.29. The fourth-order valence-electron chi connectivity index (χ4n) is 1.98. The zero-order valence-corrected chi connectivity index (χ0v) is 12.3. The predicted octanol–water partition coefficient (Wildman–Crippen LogP) is 1.02. The number of sulfonamides is 1. The second kappa shape index (κ2) is 6.85. The molecule has 0 amide bonds. The largest absolute Gasteiger partial charge is 0.383 e. The average Bonchev–Trinajstić information content (AvgIpc) is 2.39. The van der Waals surface area contributed by atoms with E-state index < -0.39 is 10.0 Å². The number of benzene rings is 1. The first-order chi connectivity index (χ1) is 8.98. The minimum Gasteiger partial charge on any atom is -0.383 e. The van der Waals surface area contributed by atoms with Gasteiger partial charge in [-0.25, -0.2) is 8.42 Å². The van der Waals surface area contributed by atoms with E-state index in [1.807, 2.05) is 6.92 Å². The Balaban J connectivity index is 3.20. The van der Waals surface area contributed by atoms with Crippen molar-refractivity contribution in [2.24, 2.45) is 5.84 Å². The number of hydrazine groups is 1. The maximum Gasteiger partial charge on any atom is 0.245 e. The number of nitrogens with two attached hydrogens (primary N) is 1. The van der Waals surface area contributed by atoms with Crippen LogP contribution in [0.2, 0.25) is 0 Å². The van der Waals surface area contributed by atoms with Gasteiger partial charge in [0, 0.05) is 19.7 Å². The highest BCUT2D eigenvalue weighted by atomic mass is 32.2. The lowest BCUT2D eigenvalue weighted by Gasteiger charge is -2.27. The fourth-order valence-corrected chi connectivity index (χ4v) is 3.76. The first-order valence-corrected chi connectivity index (χ1v) is 7.49. The number of nitrogens with one attached hydrogen (secondary N) is 1.